The van der Waals surface area contributed by atoms with Crippen LogP contribution >= 0.6 is 11.6 Å². The van der Waals surface area contributed by atoms with E-state index in [1.165, 1.54) is 4.68 Å². The minimum Gasteiger partial charge on any atom is -0.494 e. The van der Waals surface area contributed by atoms with Crippen LogP contribution in [-0.2, 0) is 0 Å². The molecule has 2 aromatic heterocycles. The van der Waals surface area contributed by atoms with Gasteiger partial charge >= 0.3 is 0 Å². The number of benzene rings is 3. The summed E-state index contributed by atoms with van der Waals surface area (Å²) >= 11 is 6.27. The zero-order chi connectivity index (χ0) is 28.6. The largest absolute Gasteiger partial charge is 0.494 e. The molecule has 0 amide bonds. The fourth-order valence-electron chi connectivity index (χ4n) is 5.13. The van der Waals surface area contributed by atoms with Gasteiger partial charge in [-0.3, -0.25) is 4.79 Å². The molecule has 0 spiro atoms. The Morgan fingerprint density at radius 2 is 1.80 bits per heavy atom. The second-order valence-electron chi connectivity index (χ2n) is 10.2. The van der Waals surface area contributed by atoms with Crippen molar-refractivity contribution < 1.29 is 4.74 Å². The quantitative estimate of drug-likeness (QED) is 0.193. The predicted molar refractivity (Wildman–Crippen MR) is 165 cm³/mol. The van der Waals surface area contributed by atoms with E-state index in [9.17, 15) is 4.79 Å². The Hall–Kier alpha value is -4.16. The molecule has 5 rings (SSSR count). The summed E-state index contributed by atoms with van der Waals surface area (Å²) in [5, 5.41) is 5.94. The molecule has 2 heterocycles. The van der Waals surface area contributed by atoms with Gasteiger partial charge in [-0.1, -0.05) is 43.6 Å². The Bertz CT molecular complexity index is 1810. The minimum atomic E-state index is -0.222. The first-order valence-corrected chi connectivity index (χ1v) is 13.9. The van der Waals surface area contributed by atoms with Gasteiger partial charge in [0.15, 0.2) is 5.82 Å². The van der Waals surface area contributed by atoms with Gasteiger partial charge in [-0.25, -0.2) is 4.98 Å². The maximum absolute atomic E-state index is 13.8. The van der Waals surface area contributed by atoms with Crippen LogP contribution < -0.4 is 10.3 Å². The third-order valence-electron chi connectivity index (χ3n) is 7.12. The second kappa shape index (κ2) is 11.1. The molecule has 0 unspecified atom stereocenters. The van der Waals surface area contributed by atoms with Gasteiger partial charge in [-0.05, 0) is 93.3 Å². The molecule has 0 radical (unpaired) electrons. The number of hydrogen-bond acceptors (Lipinski definition) is 4. The Labute approximate surface area is 239 Å². The molecular weight excluding hydrogens is 520 g/mol. The van der Waals surface area contributed by atoms with Crippen LogP contribution in [0.3, 0.4) is 0 Å². The van der Waals surface area contributed by atoms with Gasteiger partial charge in [-0.15, -0.1) is 0 Å². The van der Waals surface area contributed by atoms with Crippen LogP contribution in [0.1, 0.15) is 54.8 Å². The first-order valence-electron chi connectivity index (χ1n) is 13.5. The van der Waals surface area contributed by atoms with Gasteiger partial charge in [0.05, 0.1) is 23.7 Å². The predicted octanol–water partition coefficient (Wildman–Crippen LogP) is 7.84. The zero-order valence-electron chi connectivity index (χ0n) is 23.7. The molecule has 0 saturated heterocycles. The molecule has 0 bridgehead atoms. The van der Waals surface area contributed by atoms with E-state index in [-0.39, 0.29) is 11.5 Å². The average molecular weight is 553 g/mol. The van der Waals surface area contributed by atoms with E-state index < -0.39 is 0 Å². The average Bonchev–Trinajstić information content (AvgIpc) is 3.20. The summed E-state index contributed by atoms with van der Waals surface area (Å²) in [6.45, 7) is 12.9. The first-order chi connectivity index (χ1) is 19.2. The van der Waals surface area contributed by atoms with Gasteiger partial charge in [0.2, 0.25) is 0 Å². The van der Waals surface area contributed by atoms with Crippen molar-refractivity contribution in [1.82, 2.24) is 14.2 Å². The molecule has 0 aliphatic rings. The van der Waals surface area contributed by atoms with E-state index in [0.29, 0.717) is 28.4 Å². The van der Waals surface area contributed by atoms with Crippen molar-refractivity contribution >= 4 is 28.7 Å². The Morgan fingerprint density at radius 3 is 2.52 bits per heavy atom. The van der Waals surface area contributed by atoms with E-state index in [1.807, 2.05) is 76.2 Å². The topological polar surface area (TPSA) is 61.4 Å². The summed E-state index contributed by atoms with van der Waals surface area (Å²) < 4.78 is 9.48. The standard InChI is InChI=1S/C33H33ClN4O2/c1-7-40-31-15-21(4)29(18-28(31)20(2)3)32-36-30-14-9-8-13-27(30)33(39)38(32)35-19-24-16-22(5)37(23(24)6)26-12-10-11-25(34)17-26/h8-20H,7H2,1-6H3. The first kappa shape index (κ1) is 27.4. The van der Waals surface area contributed by atoms with Gasteiger partial charge in [0, 0.05) is 33.2 Å². The molecule has 5 aromatic rings. The molecule has 204 valence electrons. The number of halogens is 1. The number of para-hydroxylation sites is 1. The van der Waals surface area contributed by atoms with Gasteiger partial charge in [-0.2, -0.15) is 9.78 Å². The van der Waals surface area contributed by atoms with Crippen molar-refractivity contribution in [3.05, 3.63) is 110 Å². The normalized spacial score (nSPS) is 11.7. The lowest BCUT2D eigenvalue weighted by molar-refractivity contribution is 0.335. The van der Waals surface area contributed by atoms with Gasteiger partial charge < -0.3 is 9.30 Å². The molecule has 0 saturated carbocycles. The third-order valence-corrected chi connectivity index (χ3v) is 7.36. The fraction of sp³-hybridized carbons (Fsp3) is 0.242. The van der Waals surface area contributed by atoms with Crippen LogP contribution in [-0.4, -0.2) is 27.0 Å². The second-order valence-corrected chi connectivity index (χ2v) is 10.7. The summed E-state index contributed by atoms with van der Waals surface area (Å²) in [7, 11) is 0. The Balaban J connectivity index is 1.70. The SMILES string of the molecule is CCOc1cc(C)c(-c2nc3ccccc3c(=O)n2N=Cc2cc(C)n(-c3cccc(Cl)c3)c2C)cc1C(C)C. The molecule has 6 nitrogen and oxygen atoms in total. The number of ether oxygens (including phenoxy) is 1. The highest BCUT2D eigenvalue weighted by molar-refractivity contribution is 6.30. The lowest BCUT2D eigenvalue weighted by Gasteiger charge is -2.18. The lowest BCUT2D eigenvalue weighted by Crippen LogP contribution is -2.21. The highest BCUT2D eigenvalue weighted by Crippen LogP contribution is 2.34. The molecule has 0 fully saturated rings. The summed E-state index contributed by atoms with van der Waals surface area (Å²) in [6.07, 6.45) is 1.73. The Kier molecular flexibility index (Phi) is 7.63. The van der Waals surface area contributed by atoms with Crippen molar-refractivity contribution in [2.45, 2.75) is 47.5 Å². The smallest absolute Gasteiger partial charge is 0.282 e. The summed E-state index contributed by atoms with van der Waals surface area (Å²) in [5.41, 5.74) is 7.17. The van der Waals surface area contributed by atoms with Crippen molar-refractivity contribution in [1.29, 1.82) is 0 Å². The van der Waals surface area contributed by atoms with Gasteiger partial charge in [0.1, 0.15) is 5.75 Å². The molecule has 7 heteroatoms. The van der Waals surface area contributed by atoms with E-state index >= 15 is 0 Å². The summed E-state index contributed by atoms with van der Waals surface area (Å²) in [6, 6.07) is 21.3. The van der Waals surface area contributed by atoms with Crippen molar-refractivity contribution in [2.24, 2.45) is 5.10 Å². The van der Waals surface area contributed by atoms with Gasteiger partial charge in [0.25, 0.3) is 5.56 Å². The minimum absolute atomic E-state index is 0.222. The lowest BCUT2D eigenvalue weighted by atomic mass is 9.96. The Morgan fingerprint density at radius 1 is 1.02 bits per heavy atom. The van der Waals surface area contributed by atoms with E-state index in [0.717, 1.165) is 45.1 Å². The maximum Gasteiger partial charge on any atom is 0.282 e. The fourth-order valence-corrected chi connectivity index (χ4v) is 5.31. The summed E-state index contributed by atoms with van der Waals surface area (Å²) in [4.78, 5) is 18.8. The van der Waals surface area contributed by atoms with Crippen molar-refractivity contribution in [3.63, 3.8) is 0 Å². The molecule has 0 aliphatic heterocycles. The van der Waals surface area contributed by atoms with E-state index in [2.05, 4.69) is 30.5 Å². The zero-order valence-corrected chi connectivity index (χ0v) is 24.5. The number of aromatic nitrogens is 3. The van der Waals surface area contributed by atoms with E-state index in [4.69, 9.17) is 26.4 Å². The highest BCUT2D eigenvalue weighted by Gasteiger charge is 2.19. The number of rotatable bonds is 7. The van der Waals surface area contributed by atoms with Crippen LogP contribution in [0.4, 0.5) is 0 Å². The van der Waals surface area contributed by atoms with Crippen molar-refractivity contribution in [2.75, 3.05) is 6.61 Å². The molecule has 40 heavy (non-hydrogen) atoms. The van der Waals surface area contributed by atoms with E-state index in [1.54, 1.807) is 12.3 Å². The number of hydrogen-bond donors (Lipinski definition) is 0. The molecule has 0 N–H and O–H groups in total. The summed E-state index contributed by atoms with van der Waals surface area (Å²) in [5.74, 6) is 1.57. The highest BCUT2D eigenvalue weighted by atomic mass is 35.5. The molecule has 0 atom stereocenters. The number of fused-ring (bicyclic) bond motifs is 1. The molecule has 3 aromatic carbocycles. The van der Waals surface area contributed by atoms with Crippen molar-refractivity contribution in [3.8, 4) is 22.8 Å². The van der Waals surface area contributed by atoms with Crippen LogP contribution in [0.5, 0.6) is 5.75 Å². The number of nitrogens with zero attached hydrogens (tertiary/aromatic N) is 4. The number of aryl methyl sites for hydroxylation is 2. The van der Waals surface area contributed by atoms with Crippen LogP contribution in [0.25, 0.3) is 28.0 Å². The maximum atomic E-state index is 13.8. The third kappa shape index (κ3) is 5.07. The molecule has 0 aliphatic carbocycles. The van der Waals surface area contributed by atoms with Crippen LogP contribution in [0.15, 0.2) is 76.6 Å². The van der Waals surface area contributed by atoms with Crippen LogP contribution in [0, 0.1) is 20.8 Å². The molecular formula is C33H33ClN4O2. The monoisotopic (exact) mass is 552 g/mol. The van der Waals surface area contributed by atoms with Crippen LogP contribution in [0.2, 0.25) is 5.02 Å².